The zero-order valence-electron chi connectivity index (χ0n) is 15.0. The monoisotopic (exact) mass is 401 g/mol. The standard InChI is InChI=1S/C17H23NO6S2/c1-10-8-14(12(3)25-10)15(19)4-5-16(20)24-11(2)17(21)18-13-6-7-26(22,23)9-13/h8,11,13H,4-7,9H2,1-3H3,(H,18,21)/t11-,13+/m0/s1. The van der Waals surface area contributed by atoms with Crippen LogP contribution in [0.4, 0.5) is 0 Å². The largest absolute Gasteiger partial charge is 0.453 e. The molecule has 0 aromatic carbocycles. The number of rotatable bonds is 7. The summed E-state index contributed by atoms with van der Waals surface area (Å²) < 4.78 is 27.8. The lowest BCUT2D eigenvalue weighted by atomic mass is 10.1. The van der Waals surface area contributed by atoms with Crippen LogP contribution >= 0.6 is 11.3 Å². The van der Waals surface area contributed by atoms with Crippen LogP contribution in [0.15, 0.2) is 6.07 Å². The Hall–Kier alpha value is -1.74. The topological polar surface area (TPSA) is 107 Å². The summed E-state index contributed by atoms with van der Waals surface area (Å²) in [6.07, 6.45) is -0.762. The van der Waals surface area contributed by atoms with E-state index in [-0.39, 0.29) is 30.1 Å². The van der Waals surface area contributed by atoms with Gasteiger partial charge in [-0.2, -0.15) is 0 Å². The number of aryl methyl sites for hydroxylation is 2. The number of thiophene rings is 1. The first-order valence-corrected chi connectivity index (χ1v) is 11.0. The van der Waals surface area contributed by atoms with Crippen molar-refractivity contribution >= 4 is 38.8 Å². The molecule has 1 amide bonds. The molecule has 0 aliphatic carbocycles. The van der Waals surface area contributed by atoms with Gasteiger partial charge in [0.25, 0.3) is 5.91 Å². The number of ketones is 1. The second-order valence-corrected chi connectivity index (χ2v) is 10.2. The van der Waals surface area contributed by atoms with Crippen molar-refractivity contribution in [2.45, 2.75) is 52.2 Å². The fourth-order valence-corrected chi connectivity index (χ4v) is 5.41. The van der Waals surface area contributed by atoms with Gasteiger partial charge in [0.2, 0.25) is 0 Å². The van der Waals surface area contributed by atoms with Gasteiger partial charge in [-0.25, -0.2) is 8.42 Å². The number of hydrogen-bond acceptors (Lipinski definition) is 7. The van der Waals surface area contributed by atoms with Crippen LogP contribution in [0.3, 0.4) is 0 Å². The second-order valence-electron chi connectivity index (χ2n) is 6.49. The van der Waals surface area contributed by atoms with Gasteiger partial charge >= 0.3 is 5.97 Å². The second kappa shape index (κ2) is 8.30. The number of nitrogens with one attached hydrogen (secondary N) is 1. The van der Waals surface area contributed by atoms with Gasteiger partial charge in [0, 0.05) is 27.8 Å². The van der Waals surface area contributed by atoms with Gasteiger partial charge in [0.05, 0.1) is 17.9 Å². The highest BCUT2D eigenvalue weighted by Gasteiger charge is 2.30. The molecule has 1 aliphatic heterocycles. The van der Waals surface area contributed by atoms with Crippen LogP contribution < -0.4 is 5.32 Å². The summed E-state index contributed by atoms with van der Waals surface area (Å²) in [6, 6.07) is 1.36. The molecular formula is C17H23NO6S2. The number of ether oxygens (including phenoxy) is 1. The Morgan fingerprint density at radius 1 is 1.31 bits per heavy atom. The molecule has 7 nitrogen and oxygen atoms in total. The first-order valence-electron chi connectivity index (χ1n) is 8.38. The third-order valence-corrected chi connectivity index (χ3v) is 6.89. The van der Waals surface area contributed by atoms with Crippen molar-refractivity contribution in [3.8, 4) is 0 Å². The maximum absolute atomic E-state index is 12.2. The highest BCUT2D eigenvalue weighted by molar-refractivity contribution is 7.91. The van der Waals surface area contributed by atoms with Gasteiger partial charge in [0.1, 0.15) is 0 Å². The van der Waals surface area contributed by atoms with Gasteiger partial charge in [-0.15, -0.1) is 11.3 Å². The van der Waals surface area contributed by atoms with Crippen molar-refractivity contribution in [3.05, 3.63) is 21.4 Å². The zero-order valence-corrected chi connectivity index (χ0v) is 16.7. The minimum atomic E-state index is -3.10. The third-order valence-electron chi connectivity index (χ3n) is 4.15. The molecule has 0 saturated carbocycles. The molecule has 2 heterocycles. The third kappa shape index (κ3) is 5.63. The predicted octanol–water partition coefficient (Wildman–Crippen LogP) is 1.56. The van der Waals surface area contributed by atoms with Crippen LogP contribution in [0.2, 0.25) is 0 Å². The first kappa shape index (κ1) is 20.6. The van der Waals surface area contributed by atoms with E-state index in [0.29, 0.717) is 12.0 Å². The first-order chi connectivity index (χ1) is 12.1. The predicted molar refractivity (Wildman–Crippen MR) is 98.1 cm³/mol. The van der Waals surface area contributed by atoms with Gasteiger partial charge < -0.3 is 10.1 Å². The summed E-state index contributed by atoms with van der Waals surface area (Å²) in [5.74, 6) is -1.33. The van der Waals surface area contributed by atoms with Crippen LogP contribution in [-0.4, -0.2) is 49.7 Å². The molecule has 1 N–H and O–H groups in total. The Labute approximate surface area is 157 Å². The molecular weight excluding hydrogens is 378 g/mol. The molecule has 2 rings (SSSR count). The molecule has 0 spiro atoms. The zero-order chi connectivity index (χ0) is 19.5. The summed E-state index contributed by atoms with van der Waals surface area (Å²) in [5, 5.41) is 2.58. The Morgan fingerprint density at radius 2 is 2.00 bits per heavy atom. The number of hydrogen-bond donors (Lipinski definition) is 1. The average Bonchev–Trinajstić information content (AvgIpc) is 3.05. The fourth-order valence-electron chi connectivity index (χ4n) is 2.79. The quantitative estimate of drug-likeness (QED) is 0.549. The molecule has 9 heteroatoms. The summed E-state index contributed by atoms with van der Waals surface area (Å²) in [7, 11) is -3.10. The molecule has 1 fully saturated rings. The minimum absolute atomic E-state index is 0.0189. The van der Waals surface area contributed by atoms with E-state index in [0.717, 1.165) is 9.75 Å². The van der Waals surface area contributed by atoms with Crippen molar-refractivity contribution in [1.29, 1.82) is 0 Å². The summed E-state index contributed by atoms with van der Waals surface area (Å²) >= 11 is 1.53. The van der Waals surface area contributed by atoms with Gasteiger partial charge in [0.15, 0.2) is 21.7 Å². The number of carbonyl (C=O) groups is 3. The smallest absolute Gasteiger partial charge is 0.307 e. The highest BCUT2D eigenvalue weighted by atomic mass is 32.2. The highest BCUT2D eigenvalue weighted by Crippen LogP contribution is 2.22. The van der Waals surface area contributed by atoms with Crippen LogP contribution in [0.1, 0.15) is 46.3 Å². The van der Waals surface area contributed by atoms with Crippen molar-refractivity contribution in [2.75, 3.05) is 11.5 Å². The Bertz CT molecular complexity index is 811. The molecule has 1 saturated heterocycles. The van der Waals surface area contributed by atoms with E-state index in [1.807, 2.05) is 13.8 Å². The fraction of sp³-hybridized carbons (Fsp3) is 0.588. The van der Waals surface area contributed by atoms with Crippen molar-refractivity contribution in [1.82, 2.24) is 5.32 Å². The summed E-state index contributed by atoms with van der Waals surface area (Å²) in [4.78, 5) is 38.0. The normalized spacial score (nSPS) is 19.7. The number of sulfone groups is 1. The number of carbonyl (C=O) groups excluding carboxylic acids is 3. The van der Waals surface area contributed by atoms with Crippen molar-refractivity contribution in [3.63, 3.8) is 0 Å². The van der Waals surface area contributed by atoms with E-state index >= 15 is 0 Å². The van der Waals surface area contributed by atoms with Crippen molar-refractivity contribution < 1.29 is 27.5 Å². The van der Waals surface area contributed by atoms with E-state index < -0.39 is 33.9 Å². The molecule has 1 aromatic rings. The molecule has 144 valence electrons. The maximum atomic E-state index is 12.2. The summed E-state index contributed by atoms with van der Waals surface area (Å²) in [6.45, 7) is 5.20. The Kier molecular flexibility index (Phi) is 6.57. The Morgan fingerprint density at radius 3 is 2.54 bits per heavy atom. The van der Waals surface area contributed by atoms with Crippen LogP contribution in [0, 0.1) is 13.8 Å². The van der Waals surface area contributed by atoms with E-state index in [1.165, 1.54) is 18.3 Å². The molecule has 2 atom stereocenters. The minimum Gasteiger partial charge on any atom is -0.453 e. The van der Waals surface area contributed by atoms with Crippen LogP contribution in [-0.2, 0) is 24.2 Å². The number of amides is 1. The van der Waals surface area contributed by atoms with Crippen LogP contribution in [0.25, 0.3) is 0 Å². The molecule has 0 radical (unpaired) electrons. The van der Waals surface area contributed by atoms with Gasteiger partial charge in [-0.1, -0.05) is 0 Å². The van der Waals surface area contributed by atoms with E-state index in [9.17, 15) is 22.8 Å². The summed E-state index contributed by atoms with van der Waals surface area (Å²) in [5.41, 5.74) is 0.619. The average molecular weight is 402 g/mol. The molecule has 1 aliphatic rings. The number of Topliss-reactive ketones (excluding diaryl/α,β-unsaturated/α-hetero) is 1. The number of esters is 1. The van der Waals surface area contributed by atoms with E-state index in [2.05, 4.69) is 5.32 Å². The molecule has 1 aromatic heterocycles. The lowest BCUT2D eigenvalue weighted by Gasteiger charge is -2.16. The molecule has 26 heavy (non-hydrogen) atoms. The van der Waals surface area contributed by atoms with Gasteiger partial charge in [-0.3, -0.25) is 14.4 Å². The Balaban J connectivity index is 1.77. The molecule has 0 bridgehead atoms. The lowest BCUT2D eigenvalue weighted by Crippen LogP contribution is -2.42. The SMILES string of the molecule is Cc1cc(C(=O)CCC(=O)O[C@@H](C)C(=O)N[C@@H]2CCS(=O)(=O)C2)c(C)s1. The van der Waals surface area contributed by atoms with E-state index in [1.54, 1.807) is 6.07 Å². The lowest BCUT2D eigenvalue weighted by molar-refractivity contribution is -0.154. The maximum Gasteiger partial charge on any atom is 0.307 e. The van der Waals surface area contributed by atoms with Crippen molar-refractivity contribution in [2.24, 2.45) is 0 Å². The van der Waals surface area contributed by atoms with Crippen LogP contribution in [0.5, 0.6) is 0 Å². The van der Waals surface area contributed by atoms with Gasteiger partial charge in [-0.05, 0) is 33.3 Å². The molecule has 0 unspecified atom stereocenters. The van der Waals surface area contributed by atoms with E-state index in [4.69, 9.17) is 4.74 Å².